The molecule has 4 aliphatic heterocycles. The van der Waals surface area contributed by atoms with E-state index in [9.17, 15) is 0 Å². The summed E-state index contributed by atoms with van der Waals surface area (Å²) in [5.41, 5.74) is 20.8. The minimum absolute atomic E-state index is 0.0167. The Bertz CT molecular complexity index is 3760. The van der Waals surface area contributed by atoms with Crippen LogP contribution in [0.15, 0.2) is 192 Å². The highest BCUT2D eigenvalue weighted by Gasteiger charge is 2.49. The average Bonchev–Trinajstić information content (AvgIpc) is 4.00. The van der Waals surface area contributed by atoms with Gasteiger partial charge in [0.25, 0.3) is 0 Å². The summed E-state index contributed by atoms with van der Waals surface area (Å²) < 4.78 is 16.8. The largest absolute Gasteiger partial charge is 0.455 e. The Hall–Kier alpha value is -6.79. The average molecular weight is 808 g/mol. The first-order valence-electron chi connectivity index (χ1n) is 21.0. The van der Waals surface area contributed by atoms with Crippen molar-refractivity contribution in [2.45, 2.75) is 19.6 Å². The Balaban J connectivity index is 1.16. The molecule has 3 nitrogen and oxygen atoms in total. The molecule has 278 valence electrons. The summed E-state index contributed by atoms with van der Waals surface area (Å²) in [6.07, 6.45) is 0. The van der Waals surface area contributed by atoms with Gasteiger partial charge in [-0.1, -0.05) is 180 Å². The molecule has 0 bridgehead atoms. The van der Waals surface area contributed by atoms with E-state index in [0.717, 1.165) is 54.6 Å². The van der Waals surface area contributed by atoms with Crippen LogP contribution in [0.2, 0.25) is 0 Å². The summed E-state index contributed by atoms with van der Waals surface area (Å²) in [6, 6.07) is 60.5. The maximum Gasteiger partial charge on any atom is 0.249 e. The van der Waals surface area contributed by atoms with Crippen LogP contribution in [0.4, 0.5) is 0 Å². The van der Waals surface area contributed by atoms with Gasteiger partial charge >= 0.3 is 0 Å². The molecule has 0 fully saturated rings. The molecule has 7 heterocycles. The fourth-order valence-electron chi connectivity index (χ4n) is 11.7. The van der Waals surface area contributed by atoms with Crippen molar-refractivity contribution in [1.29, 1.82) is 0 Å². The minimum atomic E-state index is 0.0167. The third-order valence-electron chi connectivity index (χ3n) is 14.1. The van der Waals surface area contributed by atoms with Crippen LogP contribution in [0.5, 0.6) is 0 Å². The number of para-hydroxylation sites is 2. The molecule has 7 heteroatoms. The highest BCUT2D eigenvalue weighted by atomic mass is 32.2. The molecule has 4 aliphatic rings. The summed E-state index contributed by atoms with van der Waals surface area (Å²) in [5.74, 6) is 0. The van der Waals surface area contributed by atoms with E-state index in [-0.39, 0.29) is 13.4 Å². The van der Waals surface area contributed by atoms with Gasteiger partial charge in [0.2, 0.25) is 13.4 Å². The van der Waals surface area contributed by atoms with Gasteiger partial charge in [0.1, 0.15) is 22.3 Å². The van der Waals surface area contributed by atoms with Gasteiger partial charge in [0.15, 0.2) is 0 Å². The second-order valence-electron chi connectivity index (χ2n) is 17.0. The van der Waals surface area contributed by atoms with Crippen LogP contribution in [0.25, 0.3) is 93.6 Å². The van der Waals surface area contributed by atoms with Crippen molar-refractivity contribution in [3.63, 3.8) is 0 Å². The zero-order valence-corrected chi connectivity index (χ0v) is 34.0. The van der Waals surface area contributed by atoms with Crippen molar-refractivity contribution in [3.05, 3.63) is 164 Å². The smallest absolute Gasteiger partial charge is 0.249 e. The molecule has 12 aromatic rings. The van der Waals surface area contributed by atoms with Gasteiger partial charge in [-0.25, -0.2) is 0 Å². The van der Waals surface area contributed by atoms with Gasteiger partial charge in [-0.05, 0) is 62.3 Å². The molecule has 61 heavy (non-hydrogen) atoms. The maximum absolute atomic E-state index is 7.08. The molecule has 0 aliphatic carbocycles. The van der Waals surface area contributed by atoms with Crippen LogP contribution in [-0.4, -0.2) is 18.0 Å². The molecular weight excluding hydrogens is 780 g/mol. The number of hydrogen-bond donors (Lipinski definition) is 0. The number of fused-ring (bicyclic) bond motifs is 15. The predicted molar refractivity (Wildman–Crippen MR) is 257 cm³/mol. The molecule has 0 saturated heterocycles. The Morgan fingerprint density at radius 1 is 0.410 bits per heavy atom. The van der Waals surface area contributed by atoms with E-state index in [1.165, 1.54) is 91.3 Å². The predicted octanol–water partition coefficient (Wildman–Crippen LogP) is 10.5. The van der Waals surface area contributed by atoms with Crippen molar-refractivity contribution in [2.24, 2.45) is 0 Å². The van der Waals surface area contributed by atoms with Crippen LogP contribution in [0, 0.1) is 0 Å². The first-order valence-corrected chi connectivity index (χ1v) is 22.6. The number of aromatic nitrogens is 1. The molecule has 0 atom stereocenters. The Labute approximate surface area is 358 Å². The van der Waals surface area contributed by atoms with E-state index < -0.39 is 0 Å². The van der Waals surface area contributed by atoms with Crippen molar-refractivity contribution in [3.8, 4) is 27.9 Å². The third-order valence-corrected chi connectivity index (χ3v) is 16.5. The molecule has 9 aromatic carbocycles. The molecule has 3 aromatic heterocycles. The third kappa shape index (κ3) is 3.82. The quantitative estimate of drug-likeness (QED) is 0.163. The second-order valence-corrected chi connectivity index (χ2v) is 19.1. The molecule has 0 N–H and O–H groups in total. The molecular formula is C54H27B2NO2S2. The number of nitrogens with zero attached hydrogens (tertiary/aromatic N) is 1. The standard InChI is InChI=1S/C54H27B2NO2S2/c1-3-13-28(14-4-1)30-19-11-21-36-53(30)60-42-27-43-47-50-46(42)55(36)38-25-34-32-17-7-9-23-40(32)58-51(34)44-45-49(57(50)48(38)44)39(26-35-33-18-8-10-24-41(33)59-52(35)45)56(47)37-22-12-20-31(54(37)61-43)29-15-5-2-6-16-29/h1-27H. The van der Waals surface area contributed by atoms with Gasteiger partial charge in [0.05, 0.1) is 21.8 Å². The van der Waals surface area contributed by atoms with Crippen LogP contribution < -0.4 is 32.8 Å². The van der Waals surface area contributed by atoms with Crippen LogP contribution in [-0.2, 0) is 0 Å². The van der Waals surface area contributed by atoms with Crippen molar-refractivity contribution in [2.75, 3.05) is 0 Å². The van der Waals surface area contributed by atoms with Crippen molar-refractivity contribution >= 4 is 135 Å². The van der Waals surface area contributed by atoms with E-state index >= 15 is 0 Å². The summed E-state index contributed by atoms with van der Waals surface area (Å²) >= 11 is 3.92. The second kappa shape index (κ2) is 11.1. The first kappa shape index (κ1) is 32.0. The molecule has 0 unspecified atom stereocenters. The highest BCUT2D eigenvalue weighted by Crippen LogP contribution is 2.50. The van der Waals surface area contributed by atoms with Gasteiger partial charge in [0, 0.05) is 46.8 Å². The minimum Gasteiger partial charge on any atom is -0.455 e. The number of hydrogen-bond acceptors (Lipinski definition) is 4. The van der Waals surface area contributed by atoms with E-state index in [0.29, 0.717) is 0 Å². The highest BCUT2D eigenvalue weighted by molar-refractivity contribution is 8.01. The van der Waals surface area contributed by atoms with Crippen molar-refractivity contribution in [1.82, 2.24) is 4.57 Å². The molecule has 16 rings (SSSR count). The maximum atomic E-state index is 7.08. The van der Waals surface area contributed by atoms with E-state index in [2.05, 4.69) is 168 Å². The zero-order chi connectivity index (χ0) is 39.2. The fourth-order valence-corrected chi connectivity index (χ4v) is 14.5. The van der Waals surface area contributed by atoms with E-state index in [4.69, 9.17) is 8.83 Å². The van der Waals surface area contributed by atoms with Gasteiger partial charge < -0.3 is 13.4 Å². The lowest BCUT2D eigenvalue weighted by molar-refractivity contribution is 0.670. The number of furan rings is 2. The number of benzene rings is 9. The summed E-state index contributed by atoms with van der Waals surface area (Å²) in [6.45, 7) is 0.0333. The number of rotatable bonds is 2. The first-order chi connectivity index (χ1) is 30.3. The Kier molecular flexibility index (Phi) is 5.84. The summed E-state index contributed by atoms with van der Waals surface area (Å²) in [7, 11) is 0. The lowest BCUT2D eigenvalue weighted by Gasteiger charge is -2.41. The van der Waals surface area contributed by atoms with Crippen molar-refractivity contribution < 1.29 is 8.83 Å². The van der Waals surface area contributed by atoms with E-state index in [1.54, 1.807) is 0 Å². The lowest BCUT2D eigenvalue weighted by Crippen LogP contribution is -2.65. The normalized spacial score (nSPS) is 14.0. The Morgan fingerprint density at radius 3 is 1.36 bits per heavy atom. The summed E-state index contributed by atoms with van der Waals surface area (Å²) in [5, 5.41) is 6.89. The van der Waals surface area contributed by atoms with Gasteiger partial charge in [-0.3, -0.25) is 0 Å². The van der Waals surface area contributed by atoms with Crippen LogP contribution in [0.1, 0.15) is 0 Å². The molecule has 0 saturated carbocycles. The summed E-state index contributed by atoms with van der Waals surface area (Å²) in [4.78, 5) is 5.36. The van der Waals surface area contributed by atoms with Gasteiger partial charge in [-0.2, -0.15) is 0 Å². The SMILES string of the molecule is c1ccc(-c2cccc3c2Sc2cc4c5c6c2B3c2cc3c7ccccc7oc3c3c7c8oc9ccccc9c8cc(c7n-6c23)B5c2cccc(-c3ccccc3)c2S4)cc1. The Morgan fingerprint density at radius 2 is 0.869 bits per heavy atom. The topological polar surface area (TPSA) is 31.2 Å². The molecule has 0 radical (unpaired) electrons. The molecule has 0 spiro atoms. The van der Waals surface area contributed by atoms with Gasteiger partial charge in [-0.15, -0.1) is 0 Å². The zero-order valence-electron chi connectivity index (χ0n) is 32.3. The van der Waals surface area contributed by atoms with E-state index in [1.807, 2.05) is 23.5 Å². The monoisotopic (exact) mass is 807 g/mol. The molecule has 0 amide bonds. The lowest BCUT2D eigenvalue weighted by atomic mass is 9.31. The fraction of sp³-hybridized carbons (Fsp3) is 0. The van der Waals surface area contributed by atoms with Crippen LogP contribution >= 0.6 is 23.5 Å². The van der Waals surface area contributed by atoms with Crippen LogP contribution in [0.3, 0.4) is 0 Å².